The number of rotatable bonds is 4. The fourth-order valence-corrected chi connectivity index (χ4v) is 6.18. The van der Waals surface area contributed by atoms with Gasteiger partial charge in [0.05, 0.1) is 13.2 Å². The van der Waals surface area contributed by atoms with Gasteiger partial charge in [-0.15, -0.1) is 0 Å². The normalized spacial score (nSPS) is 24.3. The van der Waals surface area contributed by atoms with Gasteiger partial charge in [-0.2, -0.15) is 4.31 Å². The standard InChI is InChI=1S/C25H36N2O5S/c1-18-15-27(19(2)17-28)33(30,31)25-13-12-22(11-10-21-8-6-5-7-9-21)14-23(25)32-24(18)16-26(4)20(3)29/h12-14,18-19,21,24,28H,5-9,15-17H2,1-4H3/t18-,19+,24+/m1/s1. The number of aliphatic hydroxyl groups is 1. The van der Waals surface area contributed by atoms with E-state index in [1.807, 2.05) is 6.92 Å². The molecule has 1 aliphatic heterocycles. The topological polar surface area (TPSA) is 87.2 Å². The Morgan fingerprint density at radius 2 is 2.00 bits per heavy atom. The summed E-state index contributed by atoms with van der Waals surface area (Å²) in [7, 11) is -2.18. The Morgan fingerprint density at radius 3 is 2.64 bits per heavy atom. The molecule has 8 heteroatoms. The molecule has 1 aromatic rings. The van der Waals surface area contributed by atoms with Crippen LogP contribution in [0.3, 0.4) is 0 Å². The zero-order chi connectivity index (χ0) is 24.2. The van der Waals surface area contributed by atoms with Crippen LogP contribution in [0.5, 0.6) is 5.75 Å². The van der Waals surface area contributed by atoms with Gasteiger partial charge >= 0.3 is 0 Å². The van der Waals surface area contributed by atoms with E-state index < -0.39 is 22.2 Å². The van der Waals surface area contributed by atoms with Crippen LogP contribution in [0.25, 0.3) is 0 Å². The van der Waals surface area contributed by atoms with Gasteiger partial charge in [0.15, 0.2) is 0 Å². The van der Waals surface area contributed by atoms with Crippen molar-refractivity contribution in [3.05, 3.63) is 23.8 Å². The van der Waals surface area contributed by atoms with Crippen molar-refractivity contribution in [1.82, 2.24) is 9.21 Å². The Balaban J connectivity index is 2.02. The Labute approximate surface area is 198 Å². The van der Waals surface area contributed by atoms with Crippen LogP contribution < -0.4 is 4.74 Å². The summed E-state index contributed by atoms with van der Waals surface area (Å²) in [6, 6.07) is 4.39. The summed E-state index contributed by atoms with van der Waals surface area (Å²) in [6.07, 6.45) is 5.46. The molecule has 0 radical (unpaired) electrons. The van der Waals surface area contributed by atoms with Crippen molar-refractivity contribution in [1.29, 1.82) is 0 Å². The number of benzene rings is 1. The number of hydrogen-bond acceptors (Lipinski definition) is 5. The molecule has 33 heavy (non-hydrogen) atoms. The van der Waals surface area contributed by atoms with Gasteiger partial charge in [0.25, 0.3) is 0 Å². The van der Waals surface area contributed by atoms with E-state index in [0.29, 0.717) is 18.0 Å². The van der Waals surface area contributed by atoms with Crippen LogP contribution in [0.1, 0.15) is 58.4 Å². The number of hydrogen-bond donors (Lipinski definition) is 1. The molecule has 0 unspecified atom stereocenters. The van der Waals surface area contributed by atoms with Crippen molar-refractivity contribution >= 4 is 15.9 Å². The second-order valence-corrected chi connectivity index (χ2v) is 11.3. The van der Waals surface area contributed by atoms with E-state index in [2.05, 4.69) is 11.8 Å². The minimum absolute atomic E-state index is 0.0633. The summed E-state index contributed by atoms with van der Waals surface area (Å²) < 4.78 is 34.6. The summed E-state index contributed by atoms with van der Waals surface area (Å²) >= 11 is 0. The van der Waals surface area contributed by atoms with E-state index in [1.54, 1.807) is 37.1 Å². The van der Waals surface area contributed by atoms with Gasteiger partial charge in [-0.25, -0.2) is 8.42 Å². The number of amides is 1. The quantitative estimate of drug-likeness (QED) is 0.676. The summed E-state index contributed by atoms with van der Waals surface area (Å²) in [6.45, 7) is 5.31. The highest BCUT2D eigenvalue weighted by atomic mass is 32.2. The number of likely N-dealkylation sites (N-methyl/N-ethyl adjacent to an activating group) is 1. The summed E-state index contributed by atoms with van der Waals surface area (Å²) in [5.41, 5.74) is 0.711. The highest BCUT2D eigenvalue weighted by Gasteiger charge is 2.38. The third kappa shape index (κ3) is 6.08. The third-order valence-electron chi connectivity index (χ3n) is 6.68. The lowest BCUT2D eigenvalue weighted by atomic mass is 9.90. The van der Waals surface area contributed by atoms with E-state index in [-0.39, 0.29) is 35.6 Å². The second kappa shape index (κ2) is 10.9. The lowest BCUT2D eigenvalue weighted by molar-refractivity contribution is -0.129. The zero-order valence-corrected chi connectivity index (χ0v) is 20.9. The van der Waals surface area contributed by atoms with Gasteiger partial charge in [0, 0.05) is 44.0 Å². The Hall–Kier alpha value is -2.08. The van der Waals surface area contributed by atoms with Crippen molar-refractivity contribution in [3.63, 3.8) is 0 Å². The van der Waals surface area contributed by atoms with Gasteiger partial charge in [-0.1, -0.05) is 38.0 Å². The van der Waals surface area contributed by atoms with Crippen LogP contribution in [0.15, 0.2) is 23.1 Å². The molecule has 1 saturated carbocycles. The molecule has 3 atom stereocenters. The molecule has 1 heterocycles. The average Bonchev–Trinajstić information content (AvgIpc) is 2.79. The Kier molecular flexibility index (Phi) is 8.43. The van der Waals surface area contributed by atoms with Crippen LogP contribution in [0.2, 0.25) is 0 Å². The lowest BCUT2D eigenvalue weighted by Gasteiger charge is -2.37. The largest absolute Gasteiger partial charge is 0.487 e. The molecule has 1 fully saturated rings. The highest BCUT2D eigenvalue weighted by molar-refractivity contribution is 7.89. The number of fused-ring (bicyclic) bond motifs is 1. The molecule has 2 aliphatic rings. The fourth-order valence-electron chi connectivity index (χ4n) is 4.35. The molecule has 7 nitrogen and oxygen atoms in total. The predicted molar refractivity (Wildman–Crippen MR) is 127 cm³/mol. The maximum Gasteiger partial charge on any atom is 0.247 e. The molecule has 1 aromatic carbocycles. The van der Waals surface area contributed by atoms with Gasteiger partial charge in [-0.05, 0) is 38.0 Å². The van der Waals surface area contributed by atoms with Crippen molar-refractivity contribution in [2.24, 2.45) is 11.8 Å². The summed E-state index contributed by atoms with van der Waals surface area (Å²) in [4.78, 5) is 13.5. The van der Waals surface area contributed by atoms with Crippen LogP contribution in [0.4, 0.5) is 0 Å². The van der Waals surface area contributed by atoms with E-state index in [1.165, 1.54) is 30.5 Å². The monoisotopic (exact) mass is 476 g/mol. The first kappa shape index (κ1) is 25.5. The lowest BCUT2D eigenvalue weighted by Crippen LogP contribution is -2.50. The molecule has 1 aliphatic carbocycles. The molecular formula is C25H36N2O5S. The molecule has 0 aromatic heterocycles. The van der Waals surface area contributed by atoms with E-state index in [4.69, 9.17) is 4.74 Å². The summed E-state index contributed by atoms with van der Waals surface area (Å²) in [5.74, 6) is 6.89. The number of sulfonamides is 1. The molecule has 1 N–H and O–H groups in total. The van der Waals surface area contributed by atoms with Crippen molar-refractivity contribution < 1.29 is 23.1 Å². The molecule has 3 rings (SSSR count). The maximum atomic E-state index is 13.5. The molecule has 0 spiro atoms. The van der Waals surface area contributed by atoms with Crippen LogP contribution in [-0.2, 0) is 14.8 Å². The van der Waals surface area contributed by atoms with Crippen LogP contribution in [-0.4, -0.2) is 67.5 Å². The van der Waals surface area contributed by atoms with E-state index in [0.717, 1.165) is 12.8 Å². The predicted octanol–water partition coefficient (Wildman–Crippen LogP) is 2.87. The highest BCUT2D eigenvalue weighted by Crippen LogP contribution is 2.34. The Bertz CT molecular complexity index is 1010. The first-order valence-corrected chi connectivity index (χ1v) is 13.2. The molecule has 0 bridgehead atoms. The molecule has 182 valence electrons. The number of ether oxygens (including phenoxy) is 1. The first-order chi connectivity index (χ1) is 15.6. The summed E-state index contributed by atoms with van der Waals surface area (Å²) in [5, 5.41) is 9.73. The third-order valence-corrected chi connectivity index (χ3v) is 8.70. The fraction of sp³-hybridized carbons (Fsp3) is 0.640. The van der Waals surface area contributed by atoms with Gasteiger partial charge in [-0.3, -0.25) is 4.79 Å². The SMILES string of the molecule is CC(=O)N(C)C[C@@H]1Oc2cc(C#CC3CCCCC3)ccc2S(=O)(=O)N([C@@H](C)CO)C[C@H]1C. The van der Waals surface area contributed by atoms with Crippen molar-refractivity contribution in [2.75, 3.05) is 26.7 Å². The van der Waals surface area contributed by atoms with Crippen LogP contribution in [0, 0.1) is 23.7 Å². The average molecular weight is 477 g/mol. The molecular weight excluding hydrogens is 440 g/mol. The molecule has 1 amide bonds. The van der Waals surface area contributed by atoms with Gasteiger partial charge in [0.2, 0.25) is 15.9 Å². The number of aliphatic hydroxyl groups excluding tert-OH is 1. The zero-order valence-electron chi connectivity index (χ0n) is 20.1. The minimum Gasteiger partial charge on any atom is -0.487 e. The maximum absolute atomic E-state index is 13.5. The minimum atomic E-state index is -3.89. The molecule has 0 saturated heterocycles. The van der Waals surface area contributed by atoms with Crippen LogP contribution >= 0.6 is 0 Å². The second-order valence-electron chi connectivity index (χ2n) is 9.41. The first-order valence-electron chi connectivity index (χ1n) is 11.8. The Morgan fingerprint density at radius 1 is 1.30 bits per heavy atom. The number of carbonyl (C=O) groups excluding carboxylic acids is 1. The van der Waals surface area contributed by atoms with E-state index >= 15 is 0 Å². The van der Waals surface area contributed by atoms with Gasteiger partial charge < -0.3 is 14.7 Å². The van der Waals surface area contributed by atoms with E-state index in [9.17, 15) is 18.3 Å². The van der Waals surface area contributed by atoms with Crippen molar-refractivity contribution in [2.45, 2.75) is 69.9 Å². The number of nitrogens with zero attached hydrogens (tertiary/aromatic N) is 2. The smallest absolute Gasteiger partial charge is 0.247 e. The van der Waals surface area contributed by atoms with Crippen molar-refractivity contribution in [3.8, 4) is 17.6 Å². The van der Waals surface area contributed by atoms with Gasteiger partial charge in [0.1, 0.15) is 16.7 Å². The number of carbonyl (C=O) groups is 1.